The lowest BCUT2D eigenvalue weighted by Crippen LogP contribution is -2.35. The monoisotopic (exact) mass is 347 g/mol. The van der Waals surface area contributed by atoms with Crippen LogP contribution >= 0.6 is 11.6 Å². The van der Waals surface area contributed by atoms with E-state index in [1.54, 1.807) is 18.3 Å². The molecule has 0 spiro atoms. The summed E-state index contributed by atoms with van der Waals surface area (Å²) in [6, 6.07) is 6.22. The van der Waals surface area contributed by atoms with E-state index in [-0.39, 0.29) is 16.3 Å². The molecule has 1 N–H and O–H groups in total. The predicted octanol–water partition coefficient (Wildman–Crippen LogP) is 2.82. The summed E-state index contributed by atoms with van der Waals surface area (Å²) in [4.78, 5) is 26.0. The highest BCUT2D eigenvalue weighted by atomic mass is 35.5. The van der Waals surface area contributed by atoms with Crippen molar-refractivity contribution in [1.82, 2.24) is 9.78 Å². The van der Waals surface area contributed by atoms with Gasteiger partial charge in [0.25, 0.3) is 5.56 Å². The number of aromatic carboxylic acids is 1. The Morgan fingerprint density at radius 2 is 1.92 bits per heavy atom. The van der Waals surface area contributed by atoms with E-state index in [4.69, 9.17) is 11.6 Å². The Bertz CT molecular complexity index is 826. The highest BCUT2D eigenvalue weighted by molar-refractivity contribution is 6.33. The molecule has 7 heteroatoms. The molecule has 2 heterocycles. The zero-order valence-electron chi connectivity index (χ0n) is 13.3. The number of halogens is 1. The summed E-state index contributed by atoms with van der Waals surface area (Å²) < 4.78 is 1.04. The second kappa shape index (κ2) is 6.65. The Labute approximate surface area is 144 Å². The molecule has 0 saturated carbocycles. The number of carboxylic acids is 1. The van der Waals surface area contributed by atoms with Gasteiger partial charge in [0.05, 0.1) is 23.1 Å². The van der Waals surface area contributed by atoms with E-state index in [2.05, 4.69) is 16.9 Å². The minimum Gasteiger partial charge on any atom is -0.478 e. The summed E-state index contributed by atoms with van der Waals surface area (Å²) in [5.41, 5.74) is 0.303. The number of carboxylic acid groups (broad SMARTS) is 1. The molecule has 24 heavy (non-hydrogen) atoms. The molecule has 0 amide bonds. The van der Waals surface area contributed by atoms with Gasteiger partial charge in [-0.3, -0.25) is 4.79 Å². The minimum absolute atomic E-state index is 0.00251. The molecule has 1 aromatic heterocycles. The van der Waals surface area contributed by atoms with Crippen molar-refractivity contribution in [3.63, 3.8) is 0 Å². The number of carbonyl (C=O) groups is 1. The van der Waals surface area contributed by atoms with Crippen molar-refractivity contribution in [2.75, 3.05) is 18.0 Å². The van der Waals surface area contributed by atoms with Crippen LogP contribution in [0.25, 0.3) is 5.69 Å². The second-order valence-electron chi connectivity index (χ2n) is 6.05. The first-order valence-corrected chi connectivity index (χ1v) is 8.22. The van der Waals surface area contributed by atoms with Crippen LogP contribution in [0.1, 0.15) is 30.1 Å². The van der Waals surface area contributed by atoms with Crippen molar-refractivity contribution in [3.8, 4) is 5.69 Å². The molecule has 6 nitrogen and oxygen atoms in total. The Hall–Kier alpha value is -2.34. The topological polar surface area (TPSA) is 75.4 Å². The Kier molecular flexibility index (Phi) is 4.57. The van der Waals surface area contributed by atoms with Crippen LogP contribution in [0.2, 0.25) is 5.02 Å². The van der Waals surface area contributed by atoms with E-state index in [1.807, 2.05) is 0 Å². The van der Waals surface area contributed by atoms with E-state index in [0.29, 0.717) is 11.6 Å². The maximum Gasteiger partial charge on any atom is 0.337 e. The van der Waals surface area contributed by atoms with Crippen molar-refractivity contribution in [1.29, 1.82) is 0 Å². The quantitative estimate of drug-likeness (QED) is 0.924. The zero-order chi connectivity index (χ0) is 17.3. The van der Waals surface area contributed by atoms with E-state index < -0.39 is 11.5 Å². The third-order valence-corrected chi connectivity index (χ3v) is 4.74. The summed E-state index contributed by atoms with van der Waals surface area (Å²) >= 11 is 6.29. The van der Waals surface area contributed by atoms with Gasteiger partial charge in [-0.15, -0.1) is 0 Å². The average molecular weight is 348 g/mol. The van der Waals surface area contributed by atoms with Gasteiger partial charge in [0.1, 0.15) is 5.02 Å². The molecule has 1 saturated heterocycles. The predicted molar refractivity (Wildman–Crippen MR) is 92.4 cm³/mol. The lowest BCUT2D eigenvalue weighted by molar-refractivity contribution is 0.0696. The van der Waals surface area contributed by atoms with Gasteiger partial charge >= 0.3 is 5.97 Å². The maximum atomic E-state index is 12.6. The number of hydrogen-bond donors (Lipinski definition) is 1. The molecule has 126 valence electrons. The second-order valence-corrected chi connectivity index (χ2v) is 6.43. The largest absolute Gasteiger partial charge is 0.478 e. The SMILES string of the molecule is CC1CCN(c2cnn(-c3ccccc3C(=O)O)c(=O)c2Cl)CC1. The van der Waals surface area contributed by atoms with Gasteiger partial charge < -0.3 is 10.0 Å². The van der Waals surface area contributed by atoms with Crippen molar-refractivity contribution in [3.05, 3.63) is 51.4 Å². The number of para-hydroxylation sites is 1. The van der Waals surface area contributed by atoms with E-state index in [1.165, 1.54) is 12.1 Å². The third-order valence-electron chi connectivity index (χ3n) is 4.39. The molecule has 1 fully saturated rings. The highest BCUT2D eigenvalue weighted by Gasteiger charge is 2.22. The van der Waals surface area contributed by atoms with E-state index in [0.717, 1.165) is 30.6 Å². The summed E-state index contributed by atoms with van der Waals surface area (Å²) in [7, 11) is 0. The van der Waals surface area contributed by atoms with Crippen LogP contribution in [0, 0.1) is 5.92 Å². The van der Waals surface area contributed by atoms with Gasteiger partial charge in [-0.2, -0.15) is 9.78 Å². The molecular weight excluding hydrogens is 330 g/mol. The zero-order valence-corrected chi connectivity index (χ0v) is 14.0. The smallest absolute Gasteiger partial charge is 0.337 e. The van der Waals surface area contributed by atoms with Crippen molar-refractivity contribution in [2.45, 2.75) is 19.8 Å². The highest BCUT2D eigenvalue weighted by Crippen LogP contribution is 2.27. The van der Waals surface area contributed by atoms with Gasteiger partial charge in [0.15, 0.2) is 0 Å². The lowest BCUT2D eigenvalue weighted by atomic mass is 9.99. The van der Waals surface area contributed by atoms with E-state index in [9.17, 15) is 14.7 Å². The number of benzene rings is 1. The fraction of sp³-hybridized carbons (Fsp3) is 0.353. The molecule has 0 bridgehead atoms. The summed E-state index contributed by atoms with van der Waals surface area (Å²) in [6.07, 6.45) is 3.63. The van der Waals surface area contributed by atoms with Crippen molar-refractivity contribution >= 4 is 23.3 Å². The van der Waals surface area contributed by atoms with Crippen molar-refractivity contribution < 1.29 is 9.90 Å². The number of nitrogens with zero attached hydrogens (tertiary/aromatic N) is 3. The Balaban J connectivity index is 2.03. The average Bonchev–Trinajstić information content (AvgIpc) is 2.58. The molecule has 3 rings (SSSR count). The molecule has 1 aliphatic rings. The fourth-order valence-corrected chi connectivity index (χ4v) is 3.15. The van der Waals surface area contributed by atoms with Gasteiger partial charge in [0, 0.05) is 13.1 Å². The summed E-state index contributed by atoms with van der Waals surface area (Å²) in [5.74, 6) is -0.458. The fourth-order valence-electron chi connectivity index (χ4n) is 2.90. The van der Waals surface area contributed by atoms with Crippen LogP contribution in [0.5, 0.6) is 0 Å². The first-order valence-electron chi connectivity index (χ1n) is 7.84. The number of anilines is 1. The van der Waals surface area contributed by atoms with Gasteiger partial charge in [-0.1, -0.05) is 30.7 Å². The van der Waals surface area contributed by atoms with Crippen molar-refractivity contribution in [2.24, 2.45) is 5.92 Å². The Morgan fingerprint density at radius 3 is 2.58 bits per heavy atom. The number of hydrogen-bond acceptors (Lipinski definition) is 4. The van der Waals surface area contributed by atoms with Crippen LogP contribution in [0.15, 0.2) is 35.3 Å². The van der Waals surface area contributed by atoms with E-state index >= 15 is 0 Å². The third kappa shape index (κ3) is 3.01. The molecule has 1 aromatic carbocycles. The molecule has 0 unspecified atom stereocenters. The van der Waals surface area contributed by atoms with Crippen LogP contribution in [0.3, 0.4) is 0 Å². The number of rotatable bonds is 3. The van der Waals surface area contributed by atoms with Gasteiger partial charge in [-0.25, -0.2) is 4.79 Å². The molecule has 2 aromatic rings. The minimum atomic E-state index is -1.12. The molecule has 1 aliphatic heterocycles. The van der Waals surface area contributed by atoms with Crippen LogP contribution < -0.4 is 10.5 Å². The normalized spacial score (nSPS) is 15.5. The van der Waals surface area contributed by atoms with Gasteiger partial charge in [0.2, 0.25) is 0 Å². The first-order chi connectivity index (χ1) is 11.5. The molecule has 0 aliphatic carbocycles. The number of aromatic nitrogens is 2. The summed E-state index contributed by atoms with van der Waals surface area (Å²) in [6.45, 7) is 3.87. The lowest BCUT2D eigenvalue weighted by Gasteiger charge is -2.32. The standard InChI is InChI=1S/C17H18ClN3O3/c1-11-6-8-20(9-7-11)14-10-19-21(16(22)15(14)18)13-5-3-2-4-12(13)17(23)24/h2-5,10-11H,6-9H2,1H3,(H,23,24). The van der Waals surface area contributed by atoms with Gasteiger partial charge in [-0.05, 0) is 30.9 Å². The van der Waals surface area contributed by atoms with Crippen LogP contribution in [0.4, 0.5) is 5.69 Å². The molecular formula is C17H18ClN3O3. The Morgan fingerprint density at radius 1 is 1.25 bits per heavy atom. The van der Waals surface area contributed by atoms with Crippen LogP contribution in [-0.4, -0.2) is 33.9 Å². The molecule has 0 atom stereocenters. The number of piperidine rings is 1. The van der Waals surface area contributed by atoms with Crippen LogP contribution in [-0.2, 0) is 0 Å². The first kappa shape index (κ1) is 16.5. The molecule has 0 radical (unpaired) electrons. The summed E-state index contributed by atoms with van der Waals surface area (Å²) in [5, 5.41) is 13.5. The maximum absolute atomic E-state index is 12.6.